The first-order chi connectivity index (χ1) is 15.0. The van der Waals surface area contributed by atoms with Gasteiger partial charge in [0.05, 0.1) is 13.0 Å². The molecule has 162 valence electrons. The molecule has 0 atom stereocenters. The Balaban J connectivity index is 1.22. The summed E-state index contributed by atoms with van der Waals surface area (Å²) < 4.78 is 23.5. The molecule has 2 heterocycles. The number of amides is 3. The van der Waals surface area contributed by atoms with E-state index in [2.05, 4.69) is 5.32 Å². The Morgan fingerprint density at radius 3 is 2.23 bits per heavy atom. The van der Waals surface area contributed by atoms with Crippen LogP contribution in [0.5, 0.6) is 11.5 Å². The maximum Gasteiger partial charge on any atom is 0.251 e. The second kappa shape index (κ2) is 9.03. The Morgan fingerprint density at radius 1 is 0.871 bits per heavy atom. The third-order valence-corrected chi connectivity index (χ3v) is 5.29. The van der Waals surface area contributed by atoms with Crippen molar-refractivity contribution in [1.29, 1.82) is 0 Å². The van der Waals surface area contributed by atoms with E-state index in [0.29, 0.717) is 43.2 Å². The second-order valence-electron chi connectivity index (χ2n) is 7.32. The first kappa shape index (κ1) is 20.6. The Kier molecular flexibility index (Phi) is 6.01. The molecule has 3 amide bonds. The molecule has 0 spiro atoms. The number of piperazine rings is 1. The van der Waals surface area contributed by atoms with Crippen LogP contribution in [-0.4, -0.2) is 67.0 Å². The molecule has 1 fully saturated rings. The van der Waals surface area contributed by atoms with Crippen LogP contribution in [0.1, 0.15) is 15.9 Å². The van der Waals surface area contributed by atoms with Gasteiger partial charge in [-0.3, -0.25) is 14.4 Å². The predicted octanol–water partition coefficient (Wildman–Crippen LogP) is 1.20. The summed E-state index contributed by atoms with van der Waals surface area (Å²) in [5.74, 6) is 0.100. The molecule has 0 aromatic heterocycles. The van der Waals surface area contributed by atoms with Crippen LogP contribution in [0.4, 0.5) is 4.39 Å². The lowest BCUT2D eigenvalue weighted by Gasteiger charge is -2.35. The van der Waals surface area contributed by atoms with E-state index in [1.54, 1.807) is 40.1 Å². The topological polar surface area (TPSA) is 88.2 Å². The molecule has 2 aromatic carbocycles. The quantitative estimate of drug-likeness (QED) is 0.775. The summed E-state index contributed by atoms with van der Waals surface area (Å²) in [5, 5.41) is 2.62. The van der Waals surface area contributed by atoms with Gasteiger partial charge in [-0.25, -0.2) is 4.39 Å². The van der Waals surface area contributed by atoms with E-state index in [1.807, 2.05) is 0 Å². The molecular weight excluding hydrogens is 405 g/mol. The van der Waals surface area contributed by atoms with Gasteiger partial charge < -0.3 is 24.6 Å². The SMILES string of the molecule is O=C(NCC(=O)N1CCN(C(=O)Cc2ccc(F)cc2)CC1)c1ccc2c(c1)OCO2. The van der Waals surface area contributed by atoms with E-state index >= 15 is 0 Å². The molecule has 31 heavy (non-hydrogen) atoms. The average molecular weight is 427 g/mol. The number of halogens is 1. The normalized spacial score (nSPS) is 15.0. The summed E-state index contributed by atoms with van der Waals surface area (Å²) in [4.78, 5) is 40.5. The lowest BCUT2D eigenvalue weighted by Crippen LogP contribution is -2.52. The third kappa shape index (κ3) is 4.93. The number of nitrogens with one attached hydrogen (secondary N) is 1. The van der Waals surface area contributed by atoms with Crippen LogP contribution >= 0.6 is 0 Å². The summed E-state index contributed by atoms with van der Waals surface area (Å²) in [5.41, 5.74) is 1.13. The number of hydrogen-bond donors (Lipinski definition) is 1. The van der Waals surface area contributed by atoms with Gasteiger partial charge in [-0.15, -0.1) is 0 Å². The lowest BCUT2D eigenvalue weighted by atomic mass is 10.1. The number of benzene rings is 2. The Bertz CT molecular complexity index is 987. The van der Waals surface area contributed by atoms with Crippen molar-refractivity contribution in [2.75, 3.05) is 39.5 Å². The fourth-order valence-corrected chi connectivity index (χ4v) is 3.50. The van der Waals surface area contributed by atoms with Crippen molar-refractivity contribution >= 4 is 17.7 Å². The first-order valence-electron chi connectivity index (χ1n) is 9.97. The van der Waals surface area contributed by atoms with Crippen LogP contribution in [0.15, 0.2) is 42.5 Å². The Hall–Kier alpha value is -3.62. The van der Waals surface area contributed by atoms with Crippen molar-refractivity contribution in [1.82, 2.24) is 15.1 Å². The molecule has 4 rings (SSSR count). The van der Waals surface area contributed by atoms with Gasteiger partial charge in [-0.2, -0.15) is 0 Å². The van der Waals surface area contributed by atoms with Gasteiger partial charge in [0.1, 0.15) is 5.82 Å². The van der Waals surface area contributed by atoms with E-state index in [9.17, 15) is 18.8 Å². The van der Waals surface area contributed by atoms with Gasteiger partial charge >= 0.3 is 0 Å². The first-order valence-corrected chi connectivity index (χ1v) is 9.97. The van der Waals surface area contributed by atoms with Crippen LogP contribution in [0.2, 0.25) is 0 Å². The monoisotopic (exact) mass is 427 g/mol. The largest absolute Gasteiger partial charge is 0.454 e. The average Bonchev–Trinajstić information content (AvgIpc) is 3.27. The van der Waals surface area contributed by atoms with Crippen molar-refractivity contribution in [2.24, 2.45) is 0 Å². The Labute approximate surface area is 178 Å². The summed E-state index contributed by atoms with van der Waals surface area (Å²) in [6.07, 6.45) is 0.194. The number of carbonyl (C=O) groups is 3. The molecule has 2 aliphatic rings. The molecule has 0 saturated carbocycles. The van der Waals surface area contributed by atoms with E-state index in [1.165, 1.54) is 12.1 Å². The number of ether oxygens (including phenoxy) is 2. The molecule has 1 saturated heterocycles. The molecule has 9 heteroatoms. The fraction of sp³-hybridized carbons (Fsp3) is 0.318. The van der Waals surface area contributed by atoms with Gasteiger partial charge in [0.15, 0.2) is 11.5 Å². The zero-order valence-electron chi connectivity index (χ0n) is 16.8. The Morgan fingerprint density at radius 2 is 1.52 bits per heavy atom. The lowest BCUT2D eigenvalue weighted by molar-refractivity contribution is -0.138. The minimum Gasteiger partial charge on any atom is -0.454 e. The highest BCUT2D eigenvalue weighted by Gasteiger charge is 2.24. The van der Waals surface area contributed by atoms with Crippen molar-refractivity contribution in [3.63, 3.8) is 0 Å². The molecule has 0 unspecified atom stereocenters. The maximum absolute atomic E-state index is 13.0. The van der Waals surface area contributed by atoms with Gasteiger partial charge in [-0.1, -0.05) is 12.1 Å². The number of fused-ring (bicyclic) bond motifs is 1. The van der Waals surface area contributed by atoms with E-state index < -0.39 is 0 Å². The fourth-order valence-electron chi connectivity index (χ4n) is 3.50. The summed E-state index contributed by atoms with van der Waals surface area (Å²) in [7, 11) is 0. The molecule has 2 aliphatic heterocycles. The molecule has 1 N–H and O–H groups in total. The van der Waals surface area contributed by atoms with Crippen molar-refractivity contribution in [2.45, 2.75) is 6.42 Å². The van der Waals surface area contributed by atoms with Crippen LogP contribution in [0, 0.1) is 5.82 Å². The zero-order chi connectivity index (χ0) is 21.8. The van der Waals surface area contributed by atoms with Crippen LogP contribution < -0.4 is 14.8 Å². The minimum atomic E-state index is -0.375. The van der Waals surface area contributed by atoms with E-state index in [0.717, 1.165) is 5.56 Å². The number of hydrogen-bond acceptors (Lipinski definition) is 5. The molecule has 2 aromatic rings. The zero-order valence-corrected chi connectivity index (χ0v) is 16.8. The highest BCUT2D eigenvalue weighted by molar-refractivity contribution is 5.97. The maximum atomic E-state index is 13.0. The third-order valence-electron chi connectivity index (χ3n) is 5.29. The highest BCUT2D eigenvalue weighted by Crippen LogP contribution is 2.32. The van der Waals surface area contributed by atoms with Crippen LogP contribution in [0.25, 0.3) is 0 Å². The molecule has 8 nitrogen and oxygen atoms in total. The van der Waals surface area contributed by atoms with Crippen molar-refractivity contribution in [3.8, 4) is 11.5 Å². The standard InChI is InChI=1S/C22H22FN3O5/c23-17-4-1-15(2-5-17)11-20(27)25-7-9-26(10-8-25)21(28)13-24-22(29)16-3-6-18-19(12-16)31-14-30-18/h1-6,12H,7-11,13-14H2,(H,24,29). The number of nitrogens with zero attached hydrogens (tertiary/aromatic N) is 2. The van der Waals surface area contributed by atoms with Gasteiger partial charge in [0.25, 0.3) is 5.91 Å². The highest BCUT2D eigenvalue weighted by atomic mass is 19.1. The molecular formula is C22H22FN3O5. The van der Waals surface area contributed by atoms with Gasteiger partial charge in [0, 0.05) is 31.7 Å². The van der Waals surface area contributed by atoms with Crippen LogP contribution in [-0.2, 0) is 16.0 Å². The molecule has 0 bridgehead atoms. The number of rotatable bonds is 5. The van der Waals surface area contributed by atoms with Crippen molar-refractivity contribution in [3.05, 3.63) is 59.4 Å². The predicted molar refractivity (Wildman–Crippen MR) is 108 cm³/mol. The van der Waals surface area contributed by atoms with Crippen molar-refractivity contribution < 1.29 is 28.2 Å². The van der Waals surface area contributed by atoms with E-state index in [-0.39, 0.29) is 43.3 Å². The minimum absolute atomic E-state index is 0.0604. The molecule has 0 aliphatic carbocycles. The second-order valence-corrected chi connectivity index (χ2v) is 7.32. The van der Waals surface area contributed by atoms with Gasteiger partial charge in [0.2, 0.25) is 18.6 Å². The van der Waals surface area contributed by atoms with Gasteiger partial charge in [-0.05, 0) is 35.9 Å². The molecule has 0 radical (unpaired) electrons. The van der Waals surface area contributed by atoms with E-state index in [4.69, 9.17) is 9.47 Å². The summed E-state index contributed by atoms with van der Waals surface area (Å²) in [6, 6.07) is 10.7. The summed E-state index contributed by atoms with van der Waals surface area (Å²) >= 11 is 0. The number of carbonyl (C=O) groups excluding carboxylic acids is 3. The smallest absolute Gasteiger partial charge is 0.251 e. The summed E-state index contributed by atoms with van der Waals surface area (Å²) in [6.45, 7) is 1.62. The van der Waals surface area contributed by atoms with Crippen LogP contribution in [0.3, 0.4) is 0 Å².